The van der Waals surface area contributed by atoms with E-state index in [-0.39, 0.29) is 28.8 Å². The summed E-state index contributed by atoms with van der Waals surface area (Å²) >= 11 is 0. The maximum Gasteiger partial charge on any atom is 0.174 e. The van der Waals surface area contributed by atoms with Crippen LogP contribution in [0, 0.1) is 63.1 Å². The lowest BCUT2D eigenvalue weighted by molar-refractivity contribution is -0.144. The Labute approximate surface area is 290 Å². The van der Waals surface area contributed by atoms with E-state index in [1.54, 1.807) is 0 Å². The first-order chi connectivity index (χ1) is 22.4. The van der Waals surface area contributed by atoms with Crippen molar-refractivity contribution in [1.29, 1.82) is 0 Å². The molecule has 0 radical (unpaired) electrons. The molecule has 7 fully saturated rings. The monoisotopic (exact) mass is 668 g/mol. The van der Waals surface area contributed by atoms with Crippen molar-refractivity contribution in [3.63, 3.8) is 0 Å². The Bertz CT molecular complexity index is 1340. The summed E-state index contributed by atoms with van der Waals surface area (Å²) in [6.45, 7) is 16.5. The molecule has 0 bridgehead atoms. The second-order valence-corrected chi connectivity index (χ2v) is 19.7. The summed E-state index contributed by atoms with van der Waals surface area (Å²) in [7, 11) is 0. The highest BCUT2D eigenvalue weighted by Crippen LogP contribution is 2.71. The Morgan fingerprint density at radius 1 is 0.708 bits per heavy atom. The minimum Gasteiger partial charge on any atom is -0.393 e. The molecule has 8 aliphatic carbocycles. The topological polar surface area (TPSA) is 57.5 Å². The lowest BCUT2D eigenvalue weighted by Gasteiger charge is -2.61. The van der Waals surface area contributed by atoms with E-state index in [2.05, 4.69) is 40.3 Å². The van der Waals surface area contributed by atoms with Gasteiger partial charge < -0.3 is 10.2 Å². The van der Waals surface area contributed by atoms with E-state index >= 15 is 8.78 Å². The average molecular weight is 669 g/mol. The molecule has 270 valence electrons. The highest BCUT2D eigenvalue weighted by Gasteiger charge is 2.67. The summed E-state index contributed by atoms with van der Waals surface area (Å²) in [5.41, 5.74) is -0.670. The molecule has 0 aromatic heterocycles. The summed E-state index contributed by atoms with van der Waals surface area (Å²) in [6.07, 6.45) is 18.6. The molecule has 8 aliphatic rings. The number of fused-ring (bicyclic) bond motifs is 10. The standard InChI is InChI=1S/C22H35FO.C21H31FO2/c1-14(2)22(23)12-9-19-17-6-5-15-13-16(24)7-10-20(15,3)18(17)8-11-21(19,22)4;1-13(23)21(22)11-8-18-16-5-4-14-12-15(24)6-9-19(14,2)17(16)7-10-20(18,21)3/h15-19,24H,1,5-13H2,2-4H3;4,15-18,24H,5-12H2,1-3H3. The quantitative estimate of drug-likeness (QED) is 0.288. The predicted molar refractivity (Wildman–Crippen MR) is 189 cm³/mol. The number of hydrogen-bond donors (Lipinski definition) is 2. The smallest absolute Gasteiger partial charge is 0.174 e. The van der Waals surface area contributed by atoms with Gasteiger partial charge in [0.05, 0.1) is 12.2 Å². The maximum atomic E-state index is 15.9. The molecule has 48 heavy (non-hydrogen) atoms. The maximum absolute atomic E-state index is 15.9. The van der Waals surface area contributed by atoms with Crippen molar-refractivity contribution in [3.05, 3.63) is 23.8 Å². The zero-order valence-electron chi connectivity index (χ0n) is 31.1. The van der Waals surface area contributed by atoms with E-state index in [0.717, 1.165) is 82.1 Å². The third-order valence-electron chi connectivity index (χ3n) is 18.1. The van der Waals surface area contributed by atoms with Crippen LogP contribution < -0.4 is 0 Å². The summed E-state index contributed by atoms with van der Waals surface area (Å²) in [6, 6.07) is 0. The van der Waals surface area contributed by atoms with Gasteiger partial charge in [-0.15, -0.1) is 0 Å². The molecule has 5 heteroatoms. The van der Waals surface area contributed by atoms with E-state index in [1.807, 2.05) is 6.92 Å². The first kappa shape index (κ1) is 35.3. The number of carbonyl (C=O) groups excluding carboxylic acids is 1. The van der Waals surface area contributed by atoms with Gasteiger partial charge in [-0.25, -0.2) is 8.78 Å². The van der Waals surface area contributed by atoms with E-state index in [9.17, 15) is 15.0 Å². The van der Waals surface area contributed by atoms with Crippen molar-refractivity contribution in [3.8, 4) is 0 Å². The molecule has 0 heterocycles. The van der Waals surface area contributed by atoms with Gasteiger partial charge >= 0.3 is 0 Å². The summed E-state index contributed by atoms with van der Waals surface area (Å²) < 4.78 is 31.5. The number of allylic oxidation sites excluding steroid dienone is 2. The predicted octanol–water partition coefficient (Wildman–Crippen LogP) is 10.3. The van der Waals surface area contributed by atoms with Crippen LogP contribution in [-0.2, 0) is 4.79 Å². The normalized spacial score (nSPS) is 55.3. The highest BCUT2D eigenvalue weighted by molar-refractivity contribution is 5.86. The van der Waals surface area contributed by atoms with Crippen LogP contribution in [0.2, 0.25) is 0 Å². The van der Waals surface area contributed by atoms with Crippen molar-refractivity contribution >= 4 is 5.78 Å². The number of carbonyl (C=O) groups is 1. The van der Waals surface area contributed by atoms with Crippen molar-refractivity contribution < 1.29 is 23.8 Å². The summed E-state index contributed by atoms with van der Waals surface area (Å²) in [4.78, 5) is 12.1. The number of Topliss-reactive ketones (excluding diaryl/α,β-unsaturated/α-hetero) is 1. The molecule has 8 rings (SSSR count). The van der Waals surface area contributed by atoms with E-state index < -0.39 is 16.8 Å². The highest BCUT2D eigenvalue weighted by atomic mass is 19.1. The fraction of sp³-hybridized carbons (Fsp3) is 0.884. The lowest BCUT2D eigenvalue weighted by atomic mass is 9.44. The number of halogens is 2. The van der Waals surface area contributed by atoms with Gasteiger partial charge in [-0.05, 0) is 181 Å². The van der Waals surface area contributed by atoms with E-state index in [4.69, 9.17) is 0 Å². The van der Waals surface area contributed by atoms with Gasteiger partial charge in [0.25, 0.3) is 0 Å². The number of aliphatic hydroxyl groups excluding tert-OH is 2. The van der Waals surface area contributed by atoms with Crippen molar-refractivity contribution in [2.45, 2.75) is 174 Å². The molecule has 15 unspecified atom stereocenters. The molecular weight excluding hydrogens is 602 g/mol. The minimum atomic E-state index is -1.61. The van der Waals surface area contributed by atoms with Crippen LogP contribution in [0.4, 0.5) is 8.78 Å². The molecule has 0 saturated heterocycles. The van der Waals surface area contributed by atoms with Crippen LogP contribution in [0.1, 0.15) is 151 Å². The van der Waals surface area contributed by atoms with Gasteiger partial charge in [0.2, 0.25) is 0 Å². The van der Waals surface area contributed by atoms with Gasteiger partial charge in [-0.2, -0.15) is 0 Å². The van der Waals surface area contributed by atoms with Crippen LogP contribution >= 0.6 is 0 Å². The Morgan fingerprint density at radius 3 is 1.96 bits per heavy atom. The fourth-order valence-electron chi connectivity index (χ4n) is 15.1. The van der Waals surface area contributed by atoms with Gasteiger partial charge in [0.1, 0.15) is 5.67 Å². The number of aliphatic hydroxyl groups is 2. The number of ketones is 1. The third-order valence-corrected chi connectivity index (χ3v) is 18.1. The number of rotatable bonds is 2. The molecule has 2 N–H and O–H groups in total. The molecule has 0 amide bonds. The average Bonchev–Trinajstić information content (AvgIpc) is 3.49. The Kier molecular flexibility index (Phi) is 8.63. The van der Waals surface area contributed by atoms with Gasteiger partial charge in [0.15, 0.2) is 11.5 Å². The van der Waals surface area contributed by atoms with Crippen molar-refractivity contribution in [2.24, 2.45) is 63.1 Å². The molecule has 0 aromatic carbocycles. The zero-order valence-corrected chi connectivity index (χ0v) is 31.1. The number of hydrogen-bond acceptors (Lipinski definition) is 3. The largest absolute Gasteiger partial charge is 0.393 e. The van der Waals surface area contributed by atoms with Crippen LogP contribution in [-0.4, -0.2) is 39.5 Å². The van der Waals surface area contributed by atoms with Crippen molar-refractivity contribution in [2.75, 3.05) is 0 Å². The molecule has 0 aromatic rings. The second kappa shape index (κ2) is 11.7. The Hall–Kier alpha value is -1.07. The molecule has 0 aliphatic heterocycles. The molecule has 0 spiro atoms. The van der Waals surface area contributed by atoms with Crippen LogP contribution in [0.25, 0.3) is 0 Å². The SMILES string of the molecule is C=C(C)C1(F)CCC2C3CCC4CC(O)CCC4(C)C3CCC21C.CC(=O)C1(F)CCC2C3CC=C4CC(O)CCC4(C)C3CCC21C. The Morgan fingerprint density at radius 2 is 1.29 bits per heavy atom. The van der Waals surface area contributed by atoms with Crippen LogP contribution in [0.3, 0.4) is 0 Å². The molecule has 7 saturated carbocycles. The van der Waals surface area contributed by atoms with E-state index in [0.29, 0.717) is 53.8 Å². The zero-order chi connectivity index (χ0) is 34.7. The van der Waals surface area contributed by atoms with Crippen LogP contribution in [0.5, 0.6) is 0 Å². The second-order valence-electron chi connectivity index (χ2n) is 19.7. The van der Waals surface area contributed by atoms with Gasteiger partial charge in [-0.3, -0.25) is 4.79 Å². The first-order valence-electron chi connectivity index (χ1n) is 20.0. The van der Waals surface area contributed by atoms with Gasteiger partial charge in [0, 0.05) is 10.8 Å². The first-order valence-corrected chi connectivity index (χ1v) is 20.0. The molecular formula is C43H66F2O3. The van der Waals surface area contributed by atoms with Gasteiger partial charge in [-0.1, -0.05) is 45.9 Å². The molecule has 15 atom stereocenters. The summed E-state index contributed by atoms with van der Waals surface area (Å²) in [5.74, 6) is 3.82. The van der Waals surface area contributed by atoms with E-state index in [1.165, 1.54) is 38.2 Å². The third kappa shape index (κ3) is 4.76. The van der Waals surface area contributed by atoms with Crippen molar-refractivity contribution in [1.82, 2.24) is 0 Å². The minimum absolute atomic E-state index is 0.0816. The lowest BCUT2D eigenvalue weighted by Crippen LogP contribution is -2.56. The Balaban J connectivity index is 0.000000152. The fourth-order valence-corrected chi connectivity index (χ4v) is 15.1. The molecule has 3 nitrogen and oxygen atoms in total. The van der Waals surface area contributed by atoms with Crippen LogP contribution in [0.15, 0.2) is 23.8 Å². The number of alkyl halides is 2. The summed E-state index contributed by atoms with van der Waals surface area (Å²) in [5, 5.41) is 20.2.